The average Bonchev–Trinajstić information content (AvgIpc) is 3.34. The molecule has 0 aliphatic carbocycles. The number of nitrogens with two attached hydrogens (primary N) is 1. The maximum Gasteiger partial charge on any atom is 0.138 e. The highest BCUT2D eigenvalue weighted by atomic mass is 16.5. The summed E-state index contributed by atoms with van der Waals surface area (Å²) < 4.78 is 6.05. The van der Waals surface area contributed by atoms with E-state index in [1.54, 1.807) is 6.20 Å². The molecule has 36 heavy (non-hydrogen) atoms. The number of nitrogens with zero attached hydrogens (tertiary/aromatic N) is 3. The molecule has 3 aromatic carbocycles. The molecular formula is C30H25N5O. The van der Waals surface area contributed by atoms with E-state index in [-0.39, 0.29) is 6.04 Å². The Hall–Kier alpha value is -4.55. The Morgan fingerprint density at radius 3 is 2.58 bits per heavy atom. The number of benzene rings is 3. The lowest BCUT2D eigenvalue weighted by molar-refractivity contribution is 0.287. The zero-order chi connectivity index (χ0) is 24.3. The maximum absolute atomic E-state index is 6.41. The molecule has 1 unspecified atom stereocenters. The number of aromatic nitrogens is 4. The van der Waals surface area contributed by atoms with Gasteiger partial charge in [-0.1, -0.05) is 54.6 Å². The molecule has 6 aromatic rings. The van der Waals surface area contributed by atoms with Gasteiger partial charge in [0.1, 0.15) is 12.4 Å². The minimum atomic E-state index is -0.138. The third-order valence-electron chi connectivity index (χ3n) is 6.39. The highest BCUT2D eigenvalue weighted by Gasteiger charge is 2.11. The summed E-state index contributed by atoms with van der Waals surface area (Å²) in [7, 11) is 0. The van der Waals surface area contributed by atoms with Crippen LogP contribution in [0.25, 0.3) is 44.1 Å². The van der Waals surface area contributed by atoms with Crippen molar-refractivity contribution >= 4 is 21.8 Å². The lowest BCUT2D eigenvalue weighted by Crippen LogP contribution is -2.30. The van der Waals surface area contributed by atoms with Crippen LogP contribution in [0.4, 0.5) is 0 Å². The second-order valence-corrected chi connectivity index (χ2v) is 8.90. The third-order valence-corrected chi connectivity index (χ3v) is 6.39. The molecule has 6 nitrogen and oxygen atoms in total. The number of H-pyrrole nitrogens is 1. The number of aromatic amines is 1. The van der Waals surface area contributed by atoms with Crippen molar-refractivity contribution in [3.05, 3.63) is 109 Å². The zero-order valence-electron chi connectivity index (χ0n) is 19.6. The van der Waals surface area contributed by atoms with Crippen LogP contribution < -0.4 is 10.5 Å². The predicted octanol–water partition coefficient (Wildman–Crippen LogP) is 5.79. The molecule has 0 aliphatic rings. The Morgan fingerprint density at radius 1 is 0.806 bits per heavy atom. The summed E-state index contributed by atoms with van der Waals surface area (Å²) in [5, 5.41) is 10.7. The molecule has 6 rings (SSSR count). The summed E-state index contributed by atoms with van der Waals surface area (Å²) >= 11 is 0. The molecule has 0 radical (unpaired) electrons. The summed E-state index contributed by atoms with van der Waals surface area (Å²) in [4.78, 5) is 7.72. The van der Waals surface area contributed by atoms with Crippen molar-refractivity contribution in [2.24, 2.45) is 5.73 Å². The van der Waals surface area contributed by atoms with E-state index >= 15 is 0 Å². The molecule has 3 heterocycles. The molecule has 0 spiro atoms. The molecule has 0 fully saturated rings. The Morgan fingerprint density at radius 2 is 1.67 bits per heavy atom. The van der Waals surface area contributed by atoms with Gasteiger partial charge < -0.3 is 15.5 Å². The van der Waals surface area contributed by atoms with Gasteiger partial charge in [-0.2, -0.15) is 10.2 Å². The topological polar surface area (TPSA) is 89.7 Å². The fraction of sp³-hybridized carbons (Fsp3) is 0.100. The smallest absolute Gasteiger partial charge is 0.138 e. The maximum atomic E-state index is 6.41. The van der Waals surface area contributed by atoms with Gasteiger partial charge in [0.25, 0.3) is 0 Å². The molecule has 1 atom stereocenters. The van der Waals surface area contributed by atoms with Gasteiger partial charge in [-0.15, -0.1) is 0 Å². The van der Waals surface area contributed by atoms with Crippen LogP contribution in [-0.4, -0.2) is 32.8 Å². The van der Waals surface area contributed by atoms with Crippen LogP contribution in [-0.2, 0) is 6.42 Å². The highest BCUT2D eigenvalue weighted by molar-refractivity contribution is 5.96. The quantitative estimate of drug-likeness (QED) is 0.308. The number of hydrogen-bond acceptors (Lipinski definition) is 5. The highest BCUT2D eigenvalue weighted by Crippen LogP contribution is 2.31. The van der Waals surface area contributed by atoms with Crippen LogP contribution >= 0.6 is 0 Å². The second-order valence-electron chi connectivity index (χ2n) is 8.90. The average molecular weight is 472 g/mol. The fourth-order valence-electron chi connectivity index (χ4n) is 4.59. The van der Waals surface area contributed by atoms with Crippen LogP contribution in [0.15, 0.2) is 104 Å². The van der Waals surface area contributed by atoms with Crippen molar-refractivity contribution in [2.75, 3.05) is 6.61 Å². The summed E-state index contributed by atoms with van der Waals surface area (Å²) in [6, 6.07) is 26.5. The van der Waals surface area contributed by atoms with Crippen molar-refractivity contribution in [1.82, 2.24) is 20.2 Å². The molecule has 0 saturated carbocycles. The number of pyridine rings is 1. The van der Waals surface area contributed by atoms with Crippen LogP contribution in [0.3, 0.4) is 0 Å². The molecule has 3 N–H and O–H groups in total. The van der Waals surface area contributed by atoms with Gasteiger partial charge in [-0.05, 0) is 47.4 Å². The summed E-state index contributed by atoms with van der Waals surface area (Å²) in [5.74, 6) is 0.693. The zero-order valence-corrected chi connectivity index (χ0v) is 19.6. The van der Waals surface area contributed by atoms with Gasteiger partial charge in [0.05, 0.1) is 17.9 Å². The number of nitrogens with one attached hydrogen (secondary N) is 1. The van der Waals surface area contributed by atoms with Gasteiger partial charge in [-0.3, -0.25) is 4.98 Å². The molecule has 176 valence electrons. The lowest BCUT2D eigenvalue weighted by Gasteiger charge is -2.14. The van der Waals surface area contributed by atoms with Crippen molar-refractivity contribution < 1.29 is 4.74 Å². The van der Waals surface area contributed by atoms with Crippen LogP contribution in [0.5, 0.6) is 5.75 Å². The number of rotatable bonds is 7. The van der Waals surface area contributed by atoms with E-state index in [9.17, 15) is 0 Å². The molecule has 0 amide bonds. The van der Waals surface area contributed by atoms with Gasteiger partial charge in [-0.25, -0.2) is 0 Å². The monoisotopic (exact) mass is 471 g/mol. The van der Waals surface area contributed by atoms with E-state index in [1.165, 1.54) is 10.9 Å². The van der Waals surface area contributed by atoms with E-state index in [2.05, 4.69) is 50.5 Å². The van der Waals surface area contributed by atoms with Crippen molar-refractivity contribution in [3.8, 4) is 28.0 Å². The predicted molar refractivity (Wildman–Crippen MR) is 144 cm³/mol. The molecule has 0 bridgehead atoms. The second kappa shape index (κ2) is 9.60. The lowest BCUT2D eigenvalue weighted by atomic mass is 9.99. The number of ether oxygens (including phenoxy) is 1. The first-order valence-electron chi connectivity index (χ1n) is 11.9. The summed E-state index contributed by atoms with van der Waals surface area (Å²) in [6.45, 7) is 0.399. The molecule has 3 aromatic heterocycles. The van der Waals surface area contributed by atoms with Crippen LogP contribution in [0, 0.1) is 0 Å². The Labute approximate surface area is 208 Å². The first-order chi connectivity index (χ1) is 17.7. The van der Waals surface area contributed by atoms with E-state index in [4.69, 9.17) is 10.5 Å². The van der Waals surface area contributed by atoms with Crippen molar-refractivity contribution in [2.45, 2.75) is 12.5 Å². The fourth-order valence-corrected chi connectivity index (χ4v) is 4.59. The van der Waals surface area contributed by atoms with Crippen LogP contribution in [0.2, 0.25) is 0 Å². The summed E-state index contributed by atoms with van der Waals surface area (Å²) in [5.41, 5.74) is 13.7. The first-order valence-corrected chi connectivity index (χ1v) is 11.9. The minimum Gasteiger partial charge on any atom is -0.490 e. The molecule has 6 heteroatoms. The largest absolute Gasteiger partial charge is 0.490 e. The molecule has 0 aliphatic heterocycles. The first kappa shape index (κ1) is 21.9. The van der Waals surface area contributed by atoms with E-state index in [0.717, 1.165) is 45.1 Å². The molecular weight excluding hydrogens is 446 g/mol. The van der Waals surface area contributed by atoms with Crippen LogP contribution in [0.1, 0.15) is 5.56 Å². The Kier molecular flexibility index (Phi) is 5.85. The summed E-state index contributed by atoms with van der Waals surface area (Å²) in [6.07, 6.45) is 8.14. The van der Waals surface area contributed by atoms with E-state index in [1.807, 2.05) is 67.1 Å². The Balaban J connectivity index is 1.21. The number of hydrogen-bond donors (Lipinski definition) is 2. The standard InChI is InChI=1S/C30H25N5O/c31-24(12-23-16-33-29-9-5-4-8-26(23)29)19-36-25-13-22(15-32-17-25)21-10-11-30-27(14-21)28(18-34-35-30)20-6-2-1-3-7-20/h1-11,13-18,24,33H,12,19,31H2. The van der Waals surface area contributed by atoms with Gasteiger partial charge in [0, 0.05) is 45.9 Å². The van der Waals surface area contributed by atoms with E-state index in [0.29, 0.717) is 12.4 Å². The van der Waals surface area contributed by atoms with Crippen molar-refractivity contribution in [3.63, 3.8) is 0 Å². The molecule has 0 saturated heterocycles. The van der Waals surface area contributed by atoms with E-state index < -0.39 is 0 Å². The normalized spacial score (nSPS) is 12.1. The Bertz CT molecular complexity index is 1640. The number of para-hydroxylation sites is 1. The van der Waals surface area contributed by atoms with Crippen molar-refractivity contribution in [1.29, 1.82) is 0 Å². The number of fused-ring (bicyclic) bond motifs is 2. The SMILES string of the molecule is NC(COc1cncc(-c2ccc3nncc(-c4ccccc4)c3c2)c1)Cc1c[nH]c2ccccc12. The third kappa shape index (κ3) is 4.42. The minimum absolute atomic E-state index is 0.138. The van der Waals surface area contributed by atoms with Gasteiger partial charge in [0.2, 0.25) is 0 Å². The van der Waals surface area contributed by atoms with Gasteiger partial charge in [0.15, 0.2) is 0 Å². The van der Waals surface area contributed by atoms with Gasteiger partial charge >= 0.3 is 0 Å².